The van der Waals surface area contributed by atoms with Gasteiger partial charge in [0.05, 0.1) is 17.4 Å². The highest BCUT2D eigenvalue weighted by Gasteiger charge is 2.10. The molecule has 0 aliphatic heterocycles. The first-order chi connectivity index (χ1) is 10.1. The summed E-state index contributed by atoms with van der Waals surface area (Å²) in [6.45, 7) is 3.58. The first-order valence-corrected chi connectivity index (χ1v) is 6.97. The van der Waals surface area contributed by atoms with Crippen molar-refractivity contribution in [2.45, 2.75) is 13.3 Å². The molecular weight excluding hydrogens is 270 g/mol. The monoisotopic (exact) mass is 293 g/mol. The van der Waals surface area contributed by atoms with Crippen LogP contribution in [-0.2, 0) is 0 Å². The average molecular weight is 293 g/mol. The van der Waals surface area contributed by atoms with Crippen LogP contribution >= 0.6 is 0 Å². The minimum Gasteiger partial charge on any atom is -0.383 e. The van der Waals surface area contributed by atoms with Crippen molar-refractivity contribution in [3.05, 3.63) is 24.0 Å². The largest absolute Gasteiger partial charge is 0.383 e. The number of hydrogen-bond donors (Lipinski definition) is 3. The van der Waals surface area contributed by atoms with Gasteiger partial charge in [-0.15, -0.1) is 0 Å². The summed E-state index contributed by atoms with van der Waals surface area (Å²) < 4.78 is 0. The lowest BCUT2D eigenvalue weighted by Crippen LogP contribution is -2.39. The van der Waals surface area contributed by atoms with Gasteiger partial charge in [-0.25, -0.2) is 4.79 Å². The molecular formula is C14H23N5O2. The summed E-state index contributed by atoms with van der Waals surface area (Å²) in [7, 11) is 3.33. The van der Waals surface area contributed by atoms with Gasteiger partial charge in [0.1, 0.15) is 0 Å². The lowest BCUT2D eigenvalue weighted by atomic mass is 10.2. The molecule has 7 heteroatoms. The van der Waals surface area contributed by atoms with E-state index in [9.17, 15) is 9.59 Å². The fourth-order valence-electron chi connectivity index (χ4n) is 1.59. The van der Waals surface area contributed by atoms with E-state index in [1.807, 2.05) is 0 Å². The number of urea groups is 1. The highest BCUT2D eigenvalue weighted by molar-refractivity contribution is 5.99. The van der Waals surface area contributed by atoms with Crippen LogP contribution < -0.4 is 16.0 Å². The lowest BCUT2D eigenvalue weighted by Gasteiger charge is -2.13. The molecule has 0 spiro atoms. The summed E-state index contributed by atoms with van der Waals surface area (Å²) in [6, 6.07) is 1.49. The second kappa shape index (κ2) is 8.78. The average Bonchev–Trinajstić information content (AvgIpc) is 2.49. The number of nitrogens with zero attached hydrogens (tertiary/aromatic N) is 2. The van der Waals surface area contributed by atoms with Crippen molar-refractivity contribution in [1.82, 2.24) is 20.5 Å². The van der Waals surface area contributed by atoms with E-state index in [0.29, 0.717) is 24.3 Å². The first kappa shape index (κ1) is 16.7. The van der Waals surface area contributed by atoms with Crippen molar-refractivity contribution in [1.29, 1.82) is 0 Å². The molecule has 1 heterocycles. The molecule has 3 amide bonds. The van der Waals surface area contributed by atoms with Crippen LogP contribution in [0.5, 0.6) is 0 Å². The number of rotatable bonds is 7. The molecule has 0 aromatic carbocycles. The Hall–Kier alpha value is -2.31. The fourth-order valence-corrected chi connectivity index (χ4v) is 1.59. The zero-order valence-corrected chi connectivity index (χ0v) is 12.8. The van der Waals surface area contributed by atoms with Crippen LogP contribution in [0.25, 0.3) is 0 Å². The predicted molar refractivity (Wildman–Crippen MR) is 82.4 cm³/mol. The van der Waals surface area contributed by atoms with Crippen LogP contribution in [-0.4, -0.2) is 55.6 Å². The Labute approximate surface area is 125 Å². The van der Waals surface area contributed by atoms with Gasteiger partial charge in [-0.2, -0.15) is 0 Å². The van der Waals surface area contributed by atoms with E-state index in [4.69, 9.17) is 0 Å². The van der Waals surface area contributed by atoms with Gasteiger partial charge in [0.25, 0.3) is 5.91 Å². The summed E-state index contributed by atoms with van der Waals surface area (Å²) >= 11 is 0. The van der Waals surface area contributed by atoms with E-state index < -0.39 is 0 Å². The number of anilines is 1. The summed E-state index contributed by atoms with van der Waals surface area (Å²) in [5.74, 6) is -0.185. The summed E-state index contributed by atoms with van der Waals surface area (Å²) in [5, 5.41) is 8.62. The number of hydrogen-bond acceptors (Lipinski definition) is 4. The maximum absolute atomic E-state index is 12.1. The maximum atomic E-state index is 12.1. The van der Waals surface area contributed by atoms with Gasteiger partial charge in [0.15, 0.2) is 0 Å². The molecule has 0 atom stereocenters. The van der Waals surface area contributed by atoms with Crippen molar-refractivity contribution in [3.63, 3.8) is 0 Å². The Balaban J connectivity index is 2.46. The molecule has 21 heavy (non-hydrogen) atoms. The standard InChI is InChI=1S/C14H23N5O2/c1-4-6-16-12-10-15-7-5-11(12)13(20)17-8-9-18-14(21)19(2)3/h5,7,10,16H,4,6,8-9H2,1-3H3,(H,17,20)(H,18,21). The fraction of sp³-hybridized carbons (Fsp3) is 0.500. The number of carbonyl (C=O) groups excluding carboxylic acids is 2. The van der Waals surface area contributed by atoms with E-state index in [1.54, 1.807) is 32.6 Å². The van der Waals surface area contributed by atoms with Crippen LogP contribution in [0.1, 0.15) is 23.7 Å². The third-order valence-electron chi connectivity index (χ3n) is 2.72. The van der Waals surface area contributed by atoms with Gasteiger partial charge in [-0.1, -0.05) is 6.92 Å². The Bertz CT molecular complexity index is 476. The van der Waals surface area contributed by atoms with Crippen LogP contribution in [0, 0.1) is 0 Å². The van der Waals surface area contributed by atoms with Crippen molar-refractivity contribution >= 4 is 17.6 Å². The van der Waals surface area contributed by atoms with Gasteiger partial charge in [-0.3, -0.25) is 9.78 Å². The summed E-state index contributed by atoms with van der Waals surface area (Å²) in [6.07, 6.45) is 4.19. The smallest absolute Gasteiger partial charge is 0.316 e. The Morgan fingerprint density at radius 3 is 2.57 bits per heavy atom. The van der Waals surface area contributed by atoms with Gasteiger partial charge in [-0.05, 0) is 12.5 Å². The van der Waals surface area contributed by atoms with Crippen LogP contribution in [0.3, 0.4) is 0 Å². The molecule has 1 aromatic rings. The molecule has 7 nitrogen and oxygen atoms in total. The molecule has 0 bridgehead atoms. The molecule has 0 aliphatic carbocycles. The zero-order chi connectivity index (χ0) is 15.7. The molecule has 0 aliphatic rings. The maximum Gasteiger partial charge on any atom is 0.316 e. The summed E-state index contributed by atoms with van der Waals surface area (Å²) in [4.78, 5) is 28.9. The minimum absolute atomic E-state index is 0.182. The number of amides is 3. The van der Waals surface area contributed by atoms with Gasteiger partial charge in [0, 0.05) is 39.9 Å². The third-order valence-corrected chi connectivity index (χ3v) is 2.72. The molecule has 0 saturated heterocycles. The first-order valence-electron chi connectivity index (χ1n) is 6.97. The molecule has 0 radical (unpaired) electrons. The molecule has 0 unspecified atom stereocenters. The van der Waals surface area contributed by atoms with E-state index in [-0.39, 0.29) is 11.9 Å². The second-order valence-electron chi connectivity index (χ2n) is 4.73. The number of nitrogens with one attached hydrogen (secondary N) is 3. The van der Waals surface area contributed by atoms with Gasteiger partial charge in [0.2, 0.25) is 0 Å². The van der Waals surface area contributed by atoms with Crippen molar-refractivity contribution in [2.75, 3.05) is 39.0 Å². The topological polar surface area (TPSA) is 86.4 Å². The van der Waals surface area contributed by atoms with E-state index in [1.165, 1.54) is 4.90 Å². The third kappa shape index (κ3) is 5.68. The Morgan fingerprint density at radius 1 is 1.19 bits per heavy atom. The Kier molecular flexibility index (Phi) is 7.00. The molecule has 116 valence electrons. The van der Waals surface area contributed by atoms with Crippen LogP contribution in [0.4, 0.5) is 10.5 Å². The van der Waals surface area contributed by atoms with E-state index in [2.05, 4.69) is 27.9 Å². The molecule has 0 fully saturated rings. The zero-order valence-electron chi connectivity index (χ0n) is 12.8. The second-order valence-corrected chi connectivity index (χ2v) is 4.73. The van der Waals surface area contributed by atoms with Crippen LogP contribution in [0.2, 0.25) is 0 Å². The summed E-state index contributed by atoms with van der Waals surface area (Å²) in [5.41, 5.74) is 1.27. The molecule has 0 saturated carbocycles. The van der Waals surface area contributed by atoms with E-state index in [0.717, 1.165) is 13.0 Å². The number of carbonyl (C=O) groups is 2. The highest BCUT2D eigenvalue weighted by Crippen LogP contribution is 2.12. The number of pyridine rings is 1. The minimum atomic E-state index is -0.185. The molecule has 1 rings (SSSR count). The molecule has 3 N–H and O–H groups in total. The highest BCUT2D eigenvalue weighted by atomic mass is 16.2. The van der Waals surface area contributed by atoms with Crippen molar-refractivity contribution in [3.8, 4) is 0 Å². The quantitative estimate of drug-likeness (QED) is 0.652. The lowest BCUT2D eigenvalue weighted by molar-refractivity contribution is 0.0954. The van der Waals surface area contributed by atoms with Crippen LogP contribution in [0.15, 0.2) is 18.5 Å². The van der Waals surface area contributed by atoms with Crippen molar-refractivity contribution < 1.29 is 9.59 Å². The van der Waals surface area contributed by atoms with Crippen molar-refractivity contribution in [2.24, 2.45) is 0 Å². The van der Waals surface area contributed by atoms with Gasteiger partial charge < -0.3 is 20.9 Å². The SMILES string of the molecule is CCCNc1cnccc1C(=O)NCCNC(=O)N(C)C. The number of aromatic nitrogens is 1. The van der Waals surface area contributed by atoms with E-state index >= 15 is 0 Å². The normalized spacial score (nSPS) is 9.86. The van der Waals surface area contributed by atoms with Gasteiger partial charge >= 0.3 is 6.03 Å². The predicted octanol–water partition coefficient (Wildman–Crippen LogP) is 0.904. The molecule has 1 aromatic heterocycles. The Morgan fingerprint density at radius 2 is 1.90 bits per heavy atom.